The van der Waals surface area contributed by atoms with Crippen molar-refractivity contribution in [3.8, 4) is 0 Å². The first kappa shape index (κ1) is 8.97. The highest BCUT2D eigenvalue weighted by Gasteiger charge is 1.96. The van der Waals surface area contributed by atoms with E-state index < -0.39 is 0 Å². The lowest BCUT2D eigenvalue weighted by Gasteiger charge is -2.01. The number of aromatic nitrogens is 1. The Morgan fingerprint density at radius 3 is 2.93 bits per heavy atom. The maximum absolute atomic E-state index is 11.0. The van der Waals surface area contributed by atoms with Crippen LogP contribution < -0.4 is 5.56 Å². The zero-order valence-corrected chi connectivity index (χ0v) is 7.91. The zero-order chi connectivity index (χ0) is 9.97. The largest absolute Gasteiger partial charge is 0.380 e. The minimum absolute atomic E-state index is 0.0722. The number of hydrogen-bond donors (Lipinski definition) is 1. The quantitative estimate of drug-likeness (QED) is 0.780. The first-order chi connectivity index (χ1) is 6.79. The van der Waals surface area contributed by atoms with Crippen molar-refractivity contribution in [2.75, 3.05) is 7.11 Å². The van der Waals surface area contributed by atoms with E-state index >= 15 is 0 Å². The van der Waals surface area contributed by atoms with Gasteiger partial charge in [-0.15, -0.1) is 0 Å². The van der Waals surface area contributed by atoms with E-state index in [4.69, 9.17) is 4.74 Å². The van der Waals surface area contributed by atoms with Crippen LogP contribution in [0.1, 0.15) is 5.56 Å². The summed E-state index contributed by atoms with van der Waals surface area (Å²) in [6.07, 6.45) is 0. The van der Waals surface area contributed by atoms with Crippen molar-refractivity contribution in [1.82, 2.24) is 4.98 Å². The van der Waals surface area contributed by atoms with E-state index in [1.807, 2.05) is 24.3 Å². The number of aromatic amines is 1. The molecule has 2 aromatic rings. The fraction of sp³-hybridized carbons (Fsp3) is 0.182. The number of fused-ring (bicyclic) bond motifs is 1. The van der Waals surface area contributed by atoms with Gasteiger partial charge in [0, 0.05) is 18.7 Å². The number of pyridine rings is 1. The highest BCUT2D eigenvalue weighted by molar-refractivity contribution is 5.78. The van der Waals surface area contributed by atoms with Gasteiger partial charge in [-0.1, -0.05) is 6.07 Å². The maximum Gasteiger partial charge on any atom is 0.248 e. The second-order valence-corrected chi connectivity index (χ2v) is 3.18. The van der Waals surface area contributed by atoms with Crippen molar-refractivity contribution in [3.63, 3.8) is 0 Å². The van der Waals surface area contributed by atoms with E-state index in [9.17, 15) is 4.79 Å². The second-order valence-electron chi connectivity index (χ2n) is 3.18. The van der Waals surface area contributed by atoms with Gasteiger partial charge in [0.1, 0.15) is 0 Å². The zero-order valence-electron chi connectivity index (χ0n) is 7.91. The SMILES string of the molecule is COCc1ccc2[nH]c(=O)ccc2c1. The third-order valence-electron chi connectivity index (χ3n) is 2.10. The van der Waals surface area contributed by atoms with Gasteiger partial charge in [0.15, 0.2) is 0 Å². The molecule has 0 amide bonds. The molecule has 0 saturated heterocycles. The van der Waals surface area contributed by atoms with E-state index in [2.05, 4.69) is 4.98 Å². The lowest BCUT2D eigenvalue weighted by Crippen LogP contribution is -2.02. The Morgan fingerprint density at radius 2 is 2.14 bits per heavy atom. The van der Waals surface area contributed by atoms with Crippen LogP contribution in [0.2, 0.25) is 0 Å². The summed E-state index contributed by atoms with van der Waals surface area (Å²) in [6, 6.07) is 9.19. The van der Waals surface area contributed by atoms with Gasteiger partial charge in [-0.05, 0) is 29.1 Å². The summed E-state index contributed by atoms with van der Waals surface area (Å²) in [5.41, 5.74) is 1.89. The summed E-state index contributed by atoms with van der Waals surface area (Å²) in [5, 5.41) is 1.03. The second kappa shape index (κ2) is 3.64. The molecule has 3 heteroatoms. The highest BCUT2D eigenvalue weighted by Crippen LogP contribution is 2.12. The molecule has 1 heterocycles. The summed E-state index contributed by atoms with van der Waals surface area (Å²) < 4.78 is 5.03. The number of ether oxygens (including phenoxy) is 1. The van der Waals surface area contributed by atoms with Gasteiger partial charge in [0.05, 0.1) is 6.61 Å². The molecule has 72 valence electrons. The Balaban J connectivity index is 2.56. The Hall–Kier alpha value is -1.61. The van der Waals surface area contributed by atoms with E-state index in [0.717, 1.165) is 16.5 Å². The molecule has 0 atom stereocenters. The first-order valence-electron chi connectivity index (χ1n) is 4.40. The summed E-state index contributed by atoms with van der Waals surface area (Å²) in [5.74, 6) is 0. The van der Waals surface area contributed by atoms with Gasteiger partial charge < -0.3 is 9.72 Å². The third kappa shape index (κ3) is 1.67. The minimum Gasteiger partial charge on any atom is -0.380 e. The lowest BCUT2D eigenvalue weighted by molar-refractivity contribution is 0.185. The monoisotopic (exact) mass is 189 g/mol. The molecule has 14 heavy (non-hydrogen) atoms. The van der Waals surface area contributed by atoms with Gasteiger partial charge >= 0.3 is 0 Å². The van der Waals surface area contributed by atoms with Gasteiger partial charge in [-0.2, -0.15) is 0 Å². The number of methoxy groups -OCH3 is 1. The predicted molar refractivity (Wildman–Crippen MR) is 55.3 cm³/mol. The van der Waals surface area contributed by atoms with Crippen LogP contribution in [0, 0.1) is 0 Å². The number of H-pyrrole nitrogens is 1. The fourth-order valence-corrected chi connectivity index (χ4v) is 1.46. The molecule has 1 aromatic heterocycles. The van der Waals surface area contributed by atoms with Gasteiger partial charge in [0.2, 0.25) is 5.56 Å². The highest BCUT2D eigenvalue weighted by atomic mass is 16.5. The molecule has 0 radical (unpaired) electrons. The van der Waals surface area contributed by atoms with Gasteiger partial charge in [-0.25, -0.2) is 0 Å². The summed E-state index contributed by atoms with van der Waals surface area (Å²) in [7, 11) is 1.66. The third-order valence-corrected chi connectivity index (χ3v) is 2.10. The predicted octanol–water partition coefficient (Wildman–Crippen LogP) is 1.67. The Bertz CT molecular complexity index is 502. The molecule has 1 aromatic carbocycles. The molecule has 3 nitrogen and oxygen atoms in total. The van der Waals surface area contributed by atoms with E-state index in [-0.39, 0.29) is 5.56 Å². The standard InChI is InChI=1S/C11H11NO2/c1-14-7-8-2-4-10-9(6-8)3-5-11(13)12-10/h2-6H,7H2,1H3,(H,12,13). The van der Waals surface area contributed by atoms with Crippen LogP contribution in [0.25, 0.3) is 10.9 Å². The lowest BCUT2D eigenvalue weighted by atomic mass is 10.1. The van der Waals surface area contributed by atoms with Crippen LogP contribution >= 0.6 is 0 Å². The van der Waals surface area contributed by atoms with Crippen molar-refractivity contribution >= 4 is 10.9 Å². The number of hydrogen-bond acceptors (Lipinski definition) is 2. The number of benzene rings is 1. The van der Waals surface area contributed by atoms with Gasteiger partial charge in [0.25, 0.3) is 0 Å². The smallest absolute Gasteiger partial charge is 0.248 e. The maximum atomic E-state index is 11.0. The number of rotatable bonds is 2. The van der Waals surface area contributed by atoms with Crippen molar-refractivity contribution in [1.29, 1.82) is 0 Å². The molecule has 0 aliphatic heterocycles. The Morgan fingerprint density at radius 1 is 1.29 bits per heavy atom. The van der Waals surface area contributed by atoms with Crippen LogP contribution in [0.5, 0.6) is 0 Å². The topological polar surface area (TPSA) is 42.1 Å². The van der Waals surface area contributed by atoms with Gasteiger partial charge in [-0.3, -0.25) is 4.79 Å². The Kier molecular flexibility index (Phi) is 2.33. The molecule has 0 aliphatic rings. The van der Waals surface area contributed by atoms with Crippen molar-refractivity contribution in [2.45, 2.75) is 6.61 Å². The average Bonchev–Trinajstić information content (AvgIpc) is 2.19. The van der Waals surface area contributed by atoms with Crippen LogP contribution in [0.3, 0.4) is 0 Å². The van der Waals surface area contributed by atoms with E-state index in [0.29, 0.717) is 6.61 Å². The summed E-state index contributed by atoms with van der Waals surface area (Å²) in [6.45, 7) is 0.592. The van der Waals surface area contributed by atoms with Crippen molar-refractivity contribution < 1.29 is 4.74 Å². The van der Waals surface area contributed by atoms with Crippen LogP contribution in [-0.2, 0) is 11.3 Å². The normalized spacial score (nSPS) is 10.6. The minimum atomic E-state index is -0.0722. The molecule has 2 rings (SSSR count). The first-order valence-corrected chi connectivity index (χ1v) is 4.40. The number of nitrogens with one attached hydrogen (secondary N) is 1. The molecule has 0 fully saturated rings. The summed E-state index contributed by atoms with van der Waals surface area (Å²) in [4.78, 5) is 13.8. The molecule has 1 N–H and O–H groups in total. The molecule has 0 spiro atoms. The van der Waals surface area contributed by atoms with Crippen molar-refractivity contribution in [2.24, 2.45) is 0 Å². The molecule has 0 aliphatic carbocycles. The van der Waals surface area contributed by atoms with Crippen molar-refractivity contribution in [3.05, 3.63) is 46.2 Å². The van der Waals surface area contributed by atoms with Crippen LogP contribution in [0.15, 0.2) is 35.1 Å². The van der Waals surface area contributed by atoms with E-state index in [1.54, 1.807) is 7.11 Å². The molecular formula is C11H11NO2. The van der Waals surface area contributed by atoms with Crippen LogP contribution in [0.4, 0.5) is 0 Å². The molecule has 0 bridgehead atoms. The molecule has 0 unspecified atom stereocenters. The average molecular weight is 189 g/mol. The summed E-state index contributed by atoms with van der Waals surface area (Å²) >= 11 is 0. The Labute approximate surface area is 81.3 Å². The molecule has 0 saturated carbocycles. The van der Waals surface area contributed by atoms with E-state index in [1.165, 1.54) is 6.07 Å². The molecular weight excluding hydrogens is 178 g/mol. The fourth-order valence-electron chi connectivity index (χ4n) is 1.46. The van der Waals surface area contributed by atoms with Crippen LogP contribution in [-0.4, -0.2) is 12.1 Å².